The molecule has 0 aliphatic rings. The van der Waals surface area contributed by atoms with Gasteiger partial charge in [-0.1, -0.05) is 6.07 Å². The maximum absolute atomic E-state index is 13.2. The summed E-state index contributed by atoms with van der Waals surface area (Å²) in [5, 5.41) is 0. The first-order valence-corrected chi connectivity index (χ1v) is 6.75. The number of rotatable bonds is 5. The Bertz CT molecular complexity index is 620. The predicted molar refractivity (Wildman–Crippen MR) is 77.9 cm³/mol. The van der Waals surface area contributed by atoms with Crippen LogP contribution in [0, 0.1) is 12.7 Å². The topological polar surface area (TPSA) is 35.5 Å². The number of ether oxygens (including phenoxy) is 2. The molecule has 0 atom stereocenters. The van der Waals surface area contributed by atoms with Crippen molar-refractivity contribution in [3.8, 4) is 5.75 Å². The summed E-state index contributed by atoms with van der Waals surface area (Å²) in [6, 6.07) is 11.3. The summed E-state index contributed by atoms with van der Waals surface area (Å²) in [5.74, 6) is -0.0198. The van der Waals surface area contributed by atoms with E-state index in [2.05, 4.69) is 0 Å². The van der Waals surface area contributed by atoms with Crippen molar-refractivity contribution in [2.24, 2.45) is 0 Å². The summed E-state index contributed by atoms with van der Waals surface area (Å²) >= 11 is 0. The van der Waals surface area contributed by atoms with E-state index in [1.54, 1.807) is 37.3 Å². The van der Waals surface area contributed by atoms with E-state index in [0.29, 0.717) is 17.9 Å². The highest BCUT2D eigenvalue weighted by Crippen LogP contribution is 2.17. The number of aryl methyl sites for hydroxylation is 1. The SMILES string of the molecule is CCOC(=O)c1ccc(OCc2cc(F)ccc2C)cc1. The Labute approximate surface area is 123 Å². The molecule has 4 heteroatoms. The van der Waals surface area contributed by atoms with E-state index in [-0.39, 0.29) is 18.4 Å². The number of halogens is 1. The number of hydrogen-bond acceptors (Lipinski definition) is 3. The van der Waals surface area contributed by atoms with Crippen molar-refractivity contribution >= 4 is 5.97 Å². The molecule has 0 aliphatic carbocycles. The fourth-order valence-corrected chi connectivity index (χ4v) is 1.86. The lowest BCUT2D eigenvalue weighted by molar-refractivity contribution is 0.0526. The zero-order valence-corrected chi connectivity index (χ0v) is 12.1. The lowest BCUT2D eigenvalue weighted by atomic mass is 10.1. The summed E-state index contributed by atoms with van der Waals surface area (Å²) in [7, 11) is 0. The van der Waals surface area contributed by atoms with E-state index in [4.69, 9.17) is 9.47 Å². The van der Waals surface area contributed by atoms with E-state index >= 15 is 0 Å². The van der Waals surface area contributed by atoms with Crippen LogP contribution in [0.1, 0.15) is 28.4 Å². The molecular formula is C17H17FO3. The van der Waals surface area contributed by atoms with Gasteiger partial charge < -0.3 is 9.47 Å². The standard InChI is InChI=1S/C17H17FO3/c1-3-20-17(19)13-5-8-16(9-6-13)21-11-14-10-15(18)7-4-12(14)2/h4-10H,3,11H2,1-2H3. The van der Waals surface area contributed by atoms with Crippen LogP contribution in [-0.2, 0) is 11.3 Å². The minimum absolute atomic E-state index is 0.280. The zero-order valence-electron chi connectivity index (χ0n) is 12.1. The van der Waals surface area contributed by atoms with Gasteiger partial charge in [0, 0.05) is 0 Å². The first kappa shape index (κ1) is 15.0. The van der Waals surface area contributed by atoms with Crippen LogP contribution in [0.25, 0.3) is 0 Å². The molecule has 0 aromatic heterocycles. The molecule has 0 heterocycles. The fourth-order valence-electron chi connectivity index (χ4n) is 1.86. The van der Waals surface area contributed by atoms with Gasteiger partial charge in [0.2, 0.25) is 0 Å². The minimum Gasteiger partial charge on any atom is -0.489 e. The van der Waals surface area contributed by atoms with Crippen LogP contribution in [-0.4, -0.2) is 12.6 Å². The molecular weight excluding hydrogens is 271 g/mol. The largest absolute Gasteiger partial charge is 0.489 e. The number of esters is 1. The molecule has 0 spiro atoms. The third-order valence-corrected chi connectivity index (χ3v) is 3.07. The molecule has 110 valence electrons. The quantitative estimate of drug-likeness (QED) is 0.783. The van der Waals surface area contributed by atoms with Crippen LogP contribution >= 0.6 is 0 Å². The third-order valence-electron chi connectivity index (χ3n) is 3.07. The molecule has 0 unspecified atom stereocenters. The Morgan fingerprint density at radius 2 is 1.86 bits per heavy atom. The fraction of sp³-hybridized carbons (Fsp3) is 0.235. The maximum atomic E-state index is 13.2. The lowest BCUT2D eigenvalue weighted by Gasteiger charge is -2.09. The van der Waals surface area contributed by atoms with Crippen molar-refractivity contribution in [3.63, 3.8) is 0 Å². The summed E-state index contributed by atoms with van der Waals surface area (Å²) in [6.45, 7) is 4.29. The van der Waals surface area contributed by atoms with Crippen molar-refractivity contribution < 1.29 is 18.7 Å². The molecule has 0 aliphatic heterocycles. The second kappa shape index (κ2) is 6.88. The van der Waals surface area contributed by atoms with Crippen LogP contribution in [0.2, 0.25) is 0 Å². The molecule has 2 aromatic carbocycles. The highest BCUT2D eigenvalue weighted by atomic mass is 19.1. The average Bonchev–Trinajstić information content (AvgIpc) is 2.49. The van der Waals surface area contributed by atoms with E-state index in [1.165, 1.54) is 12.1 Å². The van der Waals surface area contributed by atoms with Gasteiger partial charge in [-0.2, -0.15) is 0 Å². The molecule has 0 amide bonds. The molecule has 0 saturated heterocycles. The van der Waals surface area contributed by atoms with E-state index < -0.39 is 0 Å². The van der Waals surface area contributed by atoms with Crippen LogP contribution in [0.4, 0.5) is 4.39 Å². The van der Waals surface area contributed by atoms with Gasteiger partial charge in [-0.15, -0.1) is 0 Å². The van der Waals surface area contributed by atoms with Crippen LogP contribution in [0.5, 0.6) is 5.75 Å². The molecule has 0 bridgehead atoms. The van der Waals surface area contributed by atoms with Crippen molar-refractivity contribution in [1.29, 1.82) is 0 Å². The molecule has 0 N–H and O–H groups in total. The molecule has 0 saturated carbocycles. The number of benzene rings is 2. The van der Waals surface area contributed by atoms with Gasteiger partial charge in [0.1, 0.15) is 18.2 Å². The molecule has 2 rings (SSSR count). The Hall–Kier alpha value is -2.36. The van der Waals surface area contributed by atoms with Crippen molar-refractivity contribution in [2.45, 2.75) is 20.5 Å². The monoisotopic (exact) mass is 288 g/mol. The van der Waals surface area contributed by atoms with Gasteiger partial charge in [0.25, 0.3) is 0 Å². The molecule has 21 heavy (non-hydrogen) atoms. The molecule has 0 fully saturated rings. The first-order valence-electron chi connectivity index (χ1n) is 6.75. The molecule has 0 radical (unpaired) electrons. The third kappa shape index (κ3) is 4.05. The van der Waals surface area contributed by atoms with E-state index in [1.807, 2.05) is 6.92 Å². The number of carbonyl (C=O) groups excluding carboxylic acids is 1. The summed E-state index contributed by atoms with van der Waals surface area (Å²) in [6.07, 6.45) is 0. The Kier molecular flexibility index (Phi) is 4.93. The Morgan fingerprint density at radius 3 is 2.52 bits per heavy atom. The van der Waals surface area contributed by atoms with Crippen LogP contribution in [0.15, 0.2) is 42.5 Å². The molecule has 2 aromatic rings. The second-order valence-electron chi connectivity index (χ2n) is 4.60. The lowest BCUT2D eigenvalue weighted by Crippen LogP contribution is -2.04. The Morgan fingerprint density at radius 1 is 1.14 bits per heavy atom. The minimum atomic E-state index is -0.356. The molecule has 3 nitrogen and oxygen atoms in total. The van der Waals surface area contributed by atoms with Crippen LogP contribution in [0.3, 0.4) is 0 Å². The number of carbonyl (C=O) groups is 1. The van der Waals surface area contributed by atoms with Gasteiger partial charge in [0.15, 0.2) is 0 Å². The maximum Gasteiger partial charge on any atom is 0.338 e. The van der Waals surface area contributed by atoms with Crippen molar-refractivity contribution in [3.05, 3.63) is 65.0 Å². The zero-order chi connectivity index (χ0) is 15.2. The highest BCUT2D eigenvalue weighted by Gasteiger charge is 2.06. The Balaban J connectivity index is 2.00. The predicted octanol–water partition coefficient (Wildman–Crippen LogP) is 3.89. The van der Waals surface area contributed by atoms with E-state index in [9.17, 15) is 9.18 Å². The second-order valence-corrected chi connectivity index (χ2v) is 4.60. The van der Waals surface area contributed by atoms with Crippen molar-refractivity contribution in [1.82, 2.24) is 0 Å². The number of hydrogen-bond donors (Lipinski definition) is 0. The van der Waals surface area contributed by atoms with E-state index in [0.717, 1.165) is 11.1 Å². The normalized spacial score (nSPS) is 10.2. The first-order chi connectivity index (χ1) is 10.1. The van der Waals surface area contributed by atoms with Gasteiger partial charge in [-0.3, -0.25) is 0 Å². The highest BCUT2D eigenvalue weighted by molar-refractivity contribution is 5.89. The average molecular weight is 288 g/mol. The smallest absolute Gasteiger partial charge is 0.338 e. The van der Waals surface area contributed by atoms with Crippen molar-refractivity contribution in [2.75, 3.05) is 6.61 Å². The summed E-state index contributed by atoms with van der Waals surface area (Å²) in [4.78, 5) is 11.5. The van der Waals surface area contributed by atoms with Gasteiger partial charge in [0.05, 0.1) is 12.2 Å². The van der Waals surface area contributed by atoms with Gasteiger partial charge >= 0.3 is 5.97 Å². The van der Waals surface area contributed by atoms with Gasteiger partial charge in [-0.05, 0) is 61.4 Å². The summed E-state index contributed by atoms with van der Waals surface area (Å²) in [5.41, 5.74) is 2.25. The van der Waals surface area contributed by atoms with Crippen LogP contribution < -0.4 is 4.74 Å². The summed E-state index contributed by atoms with van der Waals surface area (Å²) < 4.78 is 23.7. The van der Waals surface area contributed by atoms with Gasteiger partial charge in [-0.25, -0.2) is 9.18 Å².